The fraction of sp³-hybridized carbons (Fsp3) is 0.0714. The van der Waals surface area contributed by atoms with Gasteiger partial charge in [-0.15, -0.1) is 0 Å². The van der Waals surface area contributed by atoms with Gasteiger partial charge in [-0.25, -0.2) is 9.37 Å². The molecule has 1 aromatic heterocycles. The fourth-order valence-electron chi connectivity index (χ4n) is 1.76. The molecule has 0 radical (unpaired) electrons. The van der Waals surface area contributed by atoms with Gasteiger partial charge in [0.1, 0.15) is 11.3 Å². The summed E-state index contributed by atoms with van der Waals surface area (Å²) < 4.78 is 18.9. The minimum atomic E-state index is -0.421. The number of oxazole rings is 1. The highest BCUT2D eigenvalue weighted by Gasteiger charge is 2.08. The highest BCUT2D eigenvalue weighted by molar-refractivity contribution is 7.98. The normalized spacial score (nSPS) is 11.1. The molecule has 3 nitrogen and oxygen atoms in total. The van der Waals surface area contributed by atoms with Crippen molar-refractivity contribution >= 4 is 40.1 Å². The van der Waals surface area contributed by atoms with Gasteiger partial charge in [-0.1, -0.05) is 29.4 Å². The molecule has 0 saturated heterocycles. The molecule has 2 N–H and O–H groups in total. The van der Waals surface area contributed by atoms with E-state index in [1.165, 1.54) is 17.8 Å². The van der Waals surface area contributed by atoms with Crippen molar-refractivity contribution in [2.75, 3.05) is 5.73 Å². The Balaban J connectivity index is 1.77. The SMILES string of the molecule is Nc1ccc2nc(SCc3ccc(Cl)c(F)c3)oc2c1. The fourth-order valence-corrected chi connectivity index (χ4v) is 2.66. The van der Waals surface area contributed by atoms with Crippen molar-refractivity contribution in [2.24, 2.45) is 0 Å². The zero-order valence-electron chi connectivity index (χ0n) is 10.3. The summed E-state index contributed by atoms with van der Waals surface area (Å²) in [5.41, 5.74) is 8.53. The van der Waals surface area contributed by atoms with Crippen LogP contribution in [0.5, 0.6) is 0 Å². The smallest absolute Gasteiger partial charge is 0.257 e. The molecule has 3 aromatic rings. The zero-order valence-corrected chi connectivity index (χ0v) is 11.8. The highest BCUT2D eigenvalue weighted by Crippen LogP contribution is 2.28. The molecular formula is C14H10ClFN2OS. The number of aromatic nitrogens is 1. The number of thioether (sulfide) groups is 1. The van der Waals surface area contributed by atoms with Crippen LogP contribution < -0.4 is 5.73 Å². The first-order valence-corrected chi connectivity index (χ1v) is 7.21. The molecule has 6 heteroatoms. The Morgan fingerprint density at radius 2 is 2.10 bits per heavy atom. The van der Waals surface area contributed by atoms with E-state index in [1.807, 2.05) is 0 Å². The summed E-state index contributed by atoms with van der Waals surface area (Å²) in [6.07, 6.45) is 0. The van der Waals surface area contributed by atoms with Crippen LogP contribution in [0, 0.1) is 5.82 Å². The molecule has 0 bridgehead atoms. The third kappa shape index (κ3) is 2.73. The third-order valence-electron chi connectivity index (χ3n) is 2.74. The van der Waals surface area contributed by atoms with E-state index in [4.69, 9.17) is 21.8 Å². The Labute approximate surface area is 123 Å². The van der Waals surface area contributed by atoms with Crippen LogP contribution in [0.15, 0.2) is 46.0 Å². The van der Waals surface area contributed by atoms with Crippen LogP contribution in [0.3, 0.4) is 0 Å². The topological polar surface area (TPSA) is 52.0 Å². The monoisotopic (exact) mass is 308 g/mol. The van der Waals surface area contributed by atoms with E-state index >= 15 is 0 Å². The maximum absolute atomic E-state index is 13.3. The average molecular weight is 309 g/mol. The van der Waals surface area contributed by atoms with E-state index in [-0.39, 0.29) is 5.02 Å². The molecule has 0 aliphatic rings. The van der Waals surface area contributed by atoms with Crippen molar-refractivity contribution < 1.29 is 8.81 Å². The summed E-state index contributed by atoms with van der Waals surface area (Å²) in [6, 6.07) is 10.0. The summed E-state index contributed by atoms with van der Waals surface area (Å²) in [6.45, 7) is 0. The van der Waals surface area contributed by atoms with Crippen LogP contribution in [-0.2, 0) is 5.75 Å². The van der Waals surface area contributed by atoms with Crippen molar-refractivity contribution in [3.63, 3.8) is 0 Å². The number of anilines is 1. The van der Waals surface area contributed by atoms with Gasteiger partial charge in [0.25, 0.3) is 5.22 Å². The van der Waals surface area contributed by atoms with Crippen LogP contribution in [0.25, 0.3) is 11.1 Å². The number of rotatable bonds is 3. The van der Waals surface area contributed by atoms with Gasteiger partial charge in [0.05, 0.1) is 5.02 Å². The predicted molar refractivity (Wildman–Crippen MR) is 79.4 cm³/mol. The zero-order chi connectivity index (χ0) is 14.1. The van der Waals surface area contributed by atoms with Crippen LogP contribution in [0.2, 0.25) is 5.02 Å². The molecule has 0 unspecified atom stereocenters. The Bertz CT molecular complexity index is 775. The van der Waals surface area contributed by atoms with Gasteiger partial charge in [0.15, 0.2) is 5.58 Å². The number of halogens is 2. The summed E-state index contributed by atoms with van der Waals surface area (Å²) in [5.74, 6) is 0.131. The Kier molecular flexibility index (Phi) is 3.54. The molecule has 0 aliphatic carbocycles. The molecule has 0 amide bonds. The van der Waals surface area contributed by atoms with Gasteiger partial charge in [-0.3, -0.25) is 0 Å². The summed E-state index contributed by atoms with van der Waals surface area (Å²) >= 11 is 7.03. The van der Waals surface area contributed by atoms with E-state index in [0.29, 0.717) is 22.2 Å². The third-order valence-corrected chi connectivity index (χ3v) is 3.94. The van der Waals surface area contributed by atoms with Crippen molar-refractivity contribution in [3.8, 4) is 0 Å². The molecule has 0 atom stereocenters. The second-order valence-electron chi connectivity index (χ2n) is 4.24. The van der Waals surface area contributed by atoms with Gasteiger partial charge in [0.2, 0.25) is 0 Å². The number of hydrogen-bond acceptors (Lipinski definition) is 4. The highest BCUT2D eigenvalue weighted by atomic mass is 35.5. The van der Waals surface area contributed by atoms with Crippen molar-refractivity contribution in [2.45, 2.75) is 11.0 Å². The molecule has 3 rings (SSSR count). The summed E-state index contributed by atoms with van der Waals surface area (Å²) in [7, 11) is 0. The average Bonchev–Trinajstić information content (AvgIpc) is 2.82. The first-order valence-electron chi connectivity index (χ1n) is 5.84. The van der Waals surface area contributed by atoms with E-state index in [2.05, 4.69) is 4.98 Å². The van der Waals surface area contributed by atoms with Crippen LogP contribution in [-0.4, -0.2) is 4.98 Å². The lowest BCUT2D eigenvalue weighted by Crippen LogP contribution is -1.84. The Hall–Kier alpha value is -1.72. The largest absolute Gasteiger partial charge is 0.431 e. The lowest BCUT2D eigenvalue weighted by Gasteiger charge is -2.00. The number of nitrogens with zero attached hydrogens (tertiary/aromatic N) is 1. The Morgan fingerprint density at radius 1 is 1.25 bits per heavy atom. The first-order chi connectivity index (χ1) is 9.61. The molecule has 20 heavy (non-hydrogen) atoms. The van der Waals surface area contributed by atoms with Gasteiger partial charge in [-0.05, 0) is 29.8 Å². The maximum atomic E-state index is 13.3. The minimum Gasteiger partial charge on any atom is -0.431 e. The van der Waals surface area contributed by atoms with E-state index in [9.17, 15) is 4.39 Å². The number of hydrogen-bond donors (Lipinski definition) is 1. The summed E-state index contributed by atoms with van der Waals surface area (Å²) in [5, 5.41) is 0.650. The predicted octanol–water partition coefficient (Wildman–Crippen LogP) is 4.49. The minimum absolute atomic E-state index is 0.121. The lowest BCUT2D eigenvalue weighted by atomic mass is 10.2. The quantitative estimate of drug-likeness (QED) is 0.572. The number of fused-ring (bicyclic) bond motifs is 1. The van der Waals surface area contributed by atoms with Crippen molar-refractivity contribution in [1.29, 1.82) is 0 Å². The van der Waals surface area contributed by atoms with Crippen molar-refractivity contribution in [1.82, 2.24) is 4.98 Å². The number of nitrogens with two attached hydrogens (primary N) is 1. The van der Waals surface area contributed by atoms with Crippen molar-refractivity contribution in [3.05, 3.63) is 52.8 Å². The molecule has 1 heterocycles. The molecule has 0 aliphatic heterocycles. The van der Waals surface area contributed by atoms with E-state index in [1.54, 1.807) is 30.3 Å². The van der Waals surface area contributed by atoms with Gasteiger partial charge >= 0.3 is 0 Å². The molecule has 0 saturated carbocycles. The van der Waals surface area contributed by atoms with Crippen LogP contribution in [0.1, 0.15) is 5.56 Å². The number of nitrogen functional groups attached to an aromatic ring is 1. The van der Waals surface area contributed by atoms with E-state index in [0.717, 1.165) is 11.1 Å². The second kappa shape index (κ2) is 5.34. The molecule has 0 fully saturated rings. The molecular weight excluding hydrogens is 299 g/mol. The van der Waals surface area contributed by atoms with Gasteiger partial charge in [-0.2, -0.15) is 0 Å². The molecule has 102 valence electrons. The van der Waals surface area contributed by atoms with Gasteiger partial charge in [0, 0.05) is 17.5 Å². The van der Waals surface area contributed by atoms with Crippen LogP contribution >= 0.6 is 23.4 Å². The number of benzene rings is 2. The standard InChI is InChI=1S/C14H10ClFN2OS/c15-10-3-1-8(5-11(10)16)7-20-14-18-12-4-2-9(17)6-13(12)19-14/h1-6H,7,17H2. The molecule has 2 aromatic carbocycles. The first kappa shape index (κ1) is 13.3. The summed E-state index contributed by atoms with van der Waals surface area (Å²) in [4.78, 5) is 4.33. The Morgan fingerprint density at radius 3 is 2.90 bits per heavy atom. The lowest BCUT2D eigenvalue weighted by molar-refractivity contribution is 0.489. The molecule has 0 spiro atoms. The second-order valence-corrected chi connectivity index (χ2v) is 5.58. The van der Waals surface area contributed by atoms with E-state index < -0.39 is 5.82 Å². The van der Waals surface area contributed by atoms with Gasteiger partial charge < -0.3 is 10.2 Å². The maximum Gasteiger partial charge on any atom is 0.257 e. The van der Waals surface area contributed by atoms with Crippen LogP contribution in [0.4, 0.5) is 10.1 Å².